The molecule has 5 N–H and O–H groups in total. The minimum Gasteiger partial charge on any atom is -0.394 e. The second-order valence-electron chi connectivity index (χ2n) is 5.54. The first kappa shape index (κ1) is 20.4. The van der Waals surface area contributed by atoms with Gasteiger partial charge in [0, 0.05) is 19.0 Å². The Morgan fingerprint density at radius 3 is 2.48 bits per heavy atom. The van der Waals surface area contributed by atoms with Crippen molar-refractivity contribution in [2.45, 2.75) is 56.8 Å². The third-order valence-electron chi connectivity index (χ3n) is 3.81. The predicted octanol–water partition coefficient (Wildman–Crippen LogP) is -0.773. The van der Waals surface area contributed by atoms with E-state index in [1.165, 1.54) is 4.90 Å². The zero-order valence-electron chi connectivity index (χ0n) is 13.3. The van der Waals surface area contributed by atoms with Crippen LogP contribution >= 0.6 is 11.6 Å². The number of hydrogen-bond donors (Lipinski definition) is 5. The minimum atomic E-state index is -1.51. The maximum Gasteiger partial charge on any atom is 0.319 e. The quantitative estimate of drug-likeness (QED) is 0.288. The first-order valence-corrected chi connectivity index (χ1v) is 8.42. The van der Waals surface area contributed by atoms with Crippen LogP contribution in [0.15, 0.2) is 0 Å². The van der Waals surface area contributed by atoms with Gasteiger partial charge in [0.05, 0.1) is 6.61 Å². The molecule has 0 bridgehead atoms. The Kier molecular flexibility index (Phi) is 9.11. The predicted molar refractivity (Wildman–Crippen MR) is 84.1 cm³/mol. The van der Waals surface area contributed by atoms with E-state index >= 15 is 0 Å². The molecule has 0 aromatic carbocycles. The molecule has 0 saturated carbocycles. The SMILES string of the molecule is CCCCCN(C(=O)NCCCl)C1O[C@H](CO)[C@@H](O)[C@H](O)[C@H]1O. The number of rotatable bonds is 8. The number of carbonyl (C=O) groups excluding carboxylic acids is 1. The van der Waals surface area contributed by atoms with Crippen LogP contribution in [0.25, 0.3) is 0 Å². The van der Waals surface area contributed by atoms with Gasteiger partial charge in [0.1, 0.15) is 24.4 Å². The molecule has 1 aliphatic rings. The fourth-order valence-electron chi connectivity index (χ4n) is 2.47. The number of amides is 2. The molecule has 1 fully saturated rings. The molecule has 1 saturated heterocycles. The standard InChI is InChI=1S/C14H27ClN2O6/c1-2-3-4-7-17(14(22)16-6-5-15)13-12(21)11(20)10(19)9(8-18)23-13/h9-13,18-21H,2-8H2,1H3,(H,16,22)/t9-,10-,11+,12-,13?/m1/s1. The van der Waals surface area contributed by atoms with Crippen LogP contribution in [0.4, 0.5) is 4.79 Å². The number of unbranched alkanes of at least 4 members (excludes halogenated alkanes) is 2. The number of halogens is 1. The van der Waals surface area contributed by atoms with Gasteiger partial charge in [-0.3, -0.25) is 4.90 Å². The van der Waals surface area contributed by atoms with Crippen LogP contribution in [0.3, 0.4) is 0 Å². The van der Waals surface area contributed by atoms with Gasteiger partial charge in [-0.05, 0) is 6.42 Å². The zero-order valence-corrected chi connectivity index (χ0v) is 14.0. The van der Waals surface area contributed by atoms with Crippen molar-refractivity contribution in [3.63, 3.8) is 0 Å². The number of aliphatic hydroxyl groups excluding tert-OH is 4. The van der Waals surface area contributed by atoms with Gasteiger partial charge in [0.25, 0.3) is 0 Å². The van der Waals surface area contributed by atoms with E-state index in [9.17, 15) is 25.2 Å². The molecular formula is C14H27ClN2O6. The second-order valence-corrected chi connectivity index (χ2v) is 5.92. The molecule has 0 spiro atoms. The maximum absolute atomic E-state index is 12.3. The monoisotopic (exact) mass is 354 g/mol. The number of hydrogen-bond acceptors (Lipinski definition) is 6. The molecule has 0 aromatic rings. The highest BCUT2D eigenvalue weighted by Gasteiger charge is 2.46. The molecule has 136 valence electrons. The molecule has 1 rings (SSSR count). The van der Waals surface area contributed by atoms with Gasteiger partial charge in [-0.25, -0.2) is 4.79 Å². The van der Waals surface area contributed by atoms with E-state index in [1.807, 2.05) is 6.92 Å². The average molecular weight is 355 g/mol. The summed E-state index contributed by atoms with van der Waals surface area (Å²) in [4.78, 5) is 13.6. The third kappa shape index (κ3) is 5.44. The highest BCUT2D eigenvalue weighted by molar-refractivity contribution is 6.18. The summed E-state index contributed by atoms with van der Waals surface area (Å²) in [6.07, 6.45) is -4.11. The first-order chi connectivity index (χ1) is 11.0. The zero-order chi connectivity index (χ0) is 17.4. The van der Waals surface area contributed by atoms with Crippen molar-refractivity contribution in [3.05, 3.63) is 0 Å². The molecule has 9 heteroatoms. The van der Waals surface area contributed by atoms with Gasteiger partial charge in [-0.1, -0.05) is 19.8 Å². The summed E-state index contributed by atoms with van der Waals surface area (Å²) in [5, 5.41) is 41.7. The lowest BCUT2D eigenvalue weighted by Gasteiger charge is -2.44. The fraction of sp³-hybridized carbons (Fsp3) is 0.929. The molecule has 5 atom stereocenters. The van der Waals surface area contributed by atoms with Crippen molar-refractivity contribution in [2.24, 2.45) is 0 Å². The van der Waals surface area contributed by atoms with Crippen LogP contribution in [0, 0.1) is 0 Å². The molecule has 23 heavy (non-hydrogen) atoms. The number of aliphatic hydroxyl groups is 4. The molecule has 2 amide bonds. The Morgan fingerprint density at radius 1 is 1.22 bits per heavy atom. The largest absolute Gasteiger partial charge is 0.394 e. The van der Waals surface area contributed by atoms with E-state index in [1.54, 1.807) is 0 Å². The van der Waals surface area contributed by atoms with E-state index in [4.69, 9.17) is 16.3 Å². The number of nitrogens with one attached hydrogen (secondary N) is 1. The highest BCUT2D eigenvalue weighted by atomic mass is 35.5. The minimum absolute atomic E-state index is 0.239. The number of ether oxygens (including phenoxy) is 1. The lowest BCUT2D eigenvalue weighted by atomic mass is 9.97. The summed E-state index contributed by atoms with van der Waals surface area (Å²) >= 11 is 5.56. The van der Waals surface area contributed by atoms with E-state index in [2.05, 4.69) is 5.32 Å². The lowest BCUT2D eigenvalue weighted by molar-refractivity contribution is -0.257. The smallest absolute Gasteiger partial charge is 0.319 e. The summed E-state index contributed by atoms with van der Waals surface area (Å²) in [6, 6.07) is -0.480. The van der Waals surface area contributed by atoms with Gasteiger partial charge in [0.15, 0.2) is 6.23 Å². The Hall–Kier alpha value is -0.640. The Balaban J connectivity index is 2.86. The Labute approximate surface area is 141 Å². The first-order valence-electron chi connectivity index (χ1n) is 7.88. The van der Waals surface area contributed by atoms with E-state index in [0.717, 1.165) is 12.8 Å². The molecule has 8 nitrogen and oxygen atoms in total. The van der Waals surface area contributed by atoms with Crippen molar-refractivity contribution in [3.8, 4) is 0 Å². The molecule has 1 aliphatic heterocycles. The van der Waals surface area contributed by atoms with E-state index in [-0.39, 0.29) is 12.4 Å². The van der Waals surface area contributed by atoms with Crippen molar-refractivity contribution >= 4 is 17.6 Å². The van der Waals surface area contributed by atoms with Crippen LogP contribution in [-0.2, 0) is 4.74 Å². The second kappa shape index (κ2) is 10.3. The van der Waals surface area contributed by atoms with Crippen LogP contribution in [-0.4, -0.2) is 87.6 Å². The number of alkyl halides is 1. The molecular weight excluding hydrogens is 328 g/mol. The number of carbonyl (C=O) groups is 1. The van der Waals surface area contributed by atoms with Gasteiger partial charge >= 0.3 is 6.03 Å². The van der Waals surface area contributed by atoms with Crippen molar-refractivity contribution in [1.29, 1.82) is 0 Å². The Bertz CT molecular complexity index is 360. The summed E-state index contributed by atoms with van der Waals surface area (Å²) in [5.74, 6) is 0.239. The van der Waals surface area contributed by atoms with Gasteiger partial charge in [0.2, 0.25) is 0 Å². The lowest BCUT2D eigenvalue weighted by Crippen LogP contribution is -2.65. The van der Waals surface area contributed by atoms with Crippen LogP contribution in [0.5, 0.6) is 0 Å². The molecule has 1 unspecified atom stereocenters. The third-order valence-corrected chi connectivity index (χ3v) is 4.00. The normalized spacial score (nSPS) is 31.0. The number of urea groups is 1. The maximum atomic E-state index is 12.3. The van der Waals surface area contributed by atoms with Gasteiger partial charge in [-0.2, -0.15) is 0 Å². The fourth-order valence-corrected chi connectivity index (χ4v) is 2.57. The van der Waals surface area contributed by atoms with E-state index in [0.29, 0.717) is 13.0 Å². The van der Waals surface area contributed by atoms with Crippen LogP contribution < -0.4 is 5.32 Å². The van der Waals surface area contributed by atoms with Crippen molar-refractivity contribution in [2.75, 3.05) is 25.6 Å². The van der Waals surface area contributed by atoms with Gasteiger partial charge < -0.3 is 30.5 Å². The van der Waals surface area contributed by atoms with Gasteiger partial charge in [-0.15, -0.1) is 11.6 Å². The summed E-state index contributed by atoms with van der Waals surface area (Å²) in [5.41, 5.74) is 0. The number of nitrogens with zero attached hydrogens (tertiary/aromatic N) is 1. The van der Waals surface area contributed by atoms with Crippen LogP contribution in [0.2, 0.25) is 0 Å². The molecule has 0 aromatic heterocycles. The van der Waals surface area contributed by atoms with E-state index < -0.39 is 43.3 Å². The Morgan fingerprint density at radius 2 is 1.91 bits per heavy atom. The summed E-state index contributed by atoms with van der Waals surface area (Å²) in [7, 11) is 0. The molecule has 1 heterocycles. The van der Waals surface area contributed by atoms with Crippen LogP contribution in [0.1, 0.15) is 26.2 Å². The molecule has 0 radical (unpaired) electrons. The average Bonchev–Trinajstić information content (AvgIpc) is 2.55. The highest BCUT2D eigenvalue weighted by Crippen LogP contribution is 2.24. The van der Waals surface area contributed by atoms with Crippen molar-refractivity contribution in [1.82, 2.24) is 10.2 Å². The van der Waals surface area contributed by atoms with Crippen molar-refractivity contribution < 1.29 is 30.0 Å². The summed E-state index contributed by atoms with van der Waals surface area (Å²) < 4.78 is 5.45. The molecule has 0 aliphatic carbocycles. The summed E-state index contributed by atoms with van der Waals surface area (Å²) in [6.45, 7) is 2.05. The topological polar surface area (TPSA) is 122 Å².